The lowest BCUT2D eigenvalue weighted by molar-refractivity contribution is 0.623. The minimum atomic E-state index is -2.18. The van der Waals surface area contributed by atoms with E-state index in [1.807, 2.05) is 91.0 Å². The summed E-state index contributed by atoms with van der Waals surface area (Å²) in [5, 5.41) is 0. The fourth-order valence-corrected chi connectivity index (χ4v) is 4.73. The molecule has 0 radical (unpaired) electrons. The van der Waals surface area contributed by atoms with Crippen LogP contribution < -0.4 is 0 Å². The molecule has 1 nitrogen and oxygen atoms in total. The van der Waals surface area contributed by atoms with E-state index in [4.69, 9.17) is 0 Å². The molecule has 2 heteroatoms. The summed E-state index contributed by atoms with van der Waals surface area (Å²) < 4.78 is 11.5. The molecule has 0 fully saturated rings. The Balaban J connectivity index is 2.24. The van der Waals surface area contributed by atoms with Gasteiger partial charge in [0.1, 0.15) is 0 Å². The first-order valence-electron chi connectivity index (χ1n) is 6.53. The topological polar surface area (TPSA) is 20.2 Å². The molecule has 3 rings (SSSR count). The van der Waals surface area contributed by atoms with Crippen molar-refractivity contribution in [3.05, 3.63) is 91.0 Å². The molecule has 0 saturated heterocycles. The average Bonchev–Trinajstić information content (AvgIpc) is 2.56. The Labute approximate surface area is 121 Å². The van der Waals surface area contributed by atoms with Crippen molar-refractivity contribution in [1.82, 2.24) is 0 Å². The van der Waals surface area contributed by atoms with Gasteiger partial charge in [0, 0.05) is 14.7 Å². The number of rotatable bonds is 3. The van der Waals surface area contributed by atoms with E-state index >= 15 is 0 Å². The van der Waals surface area contributed by atoms with E-state index in [0.717, 1.165) is 14.7 Å². The maximum absolute atomic E-state index is 11.5. The summed E-state index contributed by atoms with van der Waals surface area (Å²) >= 11 is 0. The van der Waals surface area contributed by atoms with E-state index in [2.05, 4.69) is 0 Å². The minimum absolute atomic E-state index is 0.956. The van der Waals surface area contributed by atoms with E-state index in [0.29, 0.717) is 0 Å². The Kier molecular flexibility index (Phi) is 3.59. The minimum Gasteiger partial charge on any atom is -0.338 e. The lowest BCUT2D eigenvalue weighted by atomic mass is 10.4. The van der Waals surface area contributed by atoms with Crippen LogP contribution >= 0.6 is 10.3 Å². The van der Waals surface area contributed by atoms with E-state index in [1.165, 1.54) is 0 Å². The molecular formula is C18H16OS. The molecule has 3 aromatic carbocycles. The molecule has 1 N–H and O–H groups in total. The highest BCUT2D eigenvalue weighted by Gasteiger charge is 2.27. The first kappa shape index (κ1) is 13.0. The summed E-state index contributed by atoms with van der Waals surface area (Å²) in [5.41, 5.74) is 0. The summed E-state index contributed by atoms with van der Waals surface area (Å²) in [4.78, 5) is 2.87. The van der Waals surface area contributed by atoms with E-state index in [1.54, 1.807) is 0 Å². The van der Waals surface area contributed by atoms with Gasteiger partial charge in [-0.15, -0.1) is 0 Å². The molecular weight excluding hydrogens is 264 g/mol. The first-order chi connectivity index (χ1) is 9.82. The van der Waals surface area contributed by atoms with Gasteiger partial charge in [0.2, 0.25) is 0 Å². The average molecular weight is 280 g/mol. The Bertz CT molecular complexity index is 569. The zero-order valence-corrected chi connectivity index (χ0v) is 11.8. The van der Waals surface area contributed by atoms with E-state index in [-0.39, 0.29) is 0 Å². The highest BCUT2D eigenvalue weighted by atomic mass is 32.3. The second-order valence-electron chi connectivity index (χ2n) is 4.52. The van der Waals surface area contributed by atoms with Crippen molar-refractivity contribution in [3.8, 4) is 0 Å². The van der Waals surface area contributed by atoms with Crippen LogP contribution in [0.2, 0.25) is 0 Å². The predicted octanol–water partition coefficient (Wildman–Crippen LogP) is 5.44. The zero-order valence-electron chi connectivity index (χ0n) is 11.0. The Hall–Kier alpha value is -2.03. The van der Waals surface area contributed by atoms with Gasteiger partial charge in [0.15, 0.2) is 0 Å². The Morgan fingerprint density at radius 3 is 0.950 bits per heavy atom. The maximum Gasteiger partial charge on any atom is 0.0213 e. The van der Waals surface area contributed by atoms with Gasteiger partial charge in [0.05, 0.1) is 0 Å². The second kappa shape index (κ2) is 5.53. The highest BCUT2D eigenvalue weighted by molar-refractivity contribution is 8.29. The van der Waals surface area contributed by atoms with E-state index in [9.17, 15) is 4.55 Å². The predicted molar refractivity (Wildman–Crippen MR) is 84.3 cm³/mol. The molecule has 20 heavy (non-hydrogen) atoms. The molecule has 0 spiro atoms. The van der Waals surface area contributed by atoms with Crippen LogP contribution in [0.1, 0.15) is 0 Å². The smallest absolute Gasteiger partial charge is 0.0213 e. The summed E-state index contributed by atoms with van der Waals surface area (Å²) in [6.45, 7) is 0. The molecule has 0 heterocycles. The van der Waals surface area contributed by atoms with E-state index < -0.39 is 10.3 Å². The van der Waals surface area contributed by atoms with Crippen molar-refractivity contribution in [2.45, 2.75) is 14.7 Å². The molecule has 0 aromatic heterocycles. The number of hydrogen-bond donors (Lipinski definition) is 1. The summed E-state index contributed by atoms with van der Waals surface area (Å²) in [6.07, 6.45) is 0. The zero-order chi connectivity index (χ0) is 13.8. The molecule has 100 valence electrons. The van der Waals surface area contributed by atoms with Gasteiger partial charge in [-0.3, -0.25) is 0 Å². The molecule has 3 aromatic rings. The van der Waals surface area contributed by atoms with Crippen molar-refractivity contribution in [2.75, 3.05) is 0 Å². The van der Waals surface area contributed by atoms with Crippen LogP contribution in [-0.4, -0.2) is 4.55 Å². The summed E-state index contributed by atoms with van der Waals surface area (Å²) in [7, 11) is -2.18. The molecule has 0 atom stereocenters. The van der Waals surface area contributed by atoms with Gasteiger partial charge in [-0.25, -0.2) is 0 Å². The summed E-state index contributed by atoms with van der Waals surface area (Å²) in [6, 6.07) is 29.7. The molecule has 0 unspecified atom stereocenters. The SMILES string of the molecule is OS(c1ccccc1)(c1ccccc1)c1ccccc1. The third-order valence-electron chi connectivity index (χ3n) is 3.25. The number of hydrogen-bond acceptors (Lipinski definition) is 1. The molecule has 0 bridgehead atoms. The molecule has 0 aliphatic carbocycles. The van der Waals surface area contributed by atoms with Crippen LogP contribution in [0.4, 0.5) is 0 Å². The lowest BCUT2D eigenvalue weighted by Gasteiger charge is -2.35. The third kappa shape index (κ3) is 2.24. The first-order valence-corrected chi connectivity index (χ1v) is 8.12. The largest absolute Gasteiger partial charge is 0.338 e. The van der Waals surface area contributed by atoms with Gasteiger partial charge in [-0.2, -0.15) is 0 Å². The quantitative estimate of drug-likeness (QED) is 0.677. The molecule has 0 aliphatic rings. The highest BCUT2D eigenvalue weighted by Crippen LogP contribution is 2.64. The van der Waals surface area contributed by atoms with Crippen LogP contribution in [0.25, 0.3) is 0 Å². The van der Waals surface area contributed by atoms with Crippen LogP contribution in [0.5, 0.6) is 0 Å². The van der Waals surface area contributed by atoms with Gasteiger partial charge in [-0.1, -0.05) is 64.9 Å². The van der Waals surface area contributed by atoms with Crippen molar-refractivity contribution in [3.63, 3.8) is 0 Å². The molecule has 0 amide bonds. The van der Waals surface area contributed by atoms with Crippen molar-refractivity contribution in [2.24, 2.45) is 0 Å². The fourth-order valence-electron chi connectivity index (χ4n) is 2.26. The van der Waals surface area contributed by atoms with Gasteiger partial charge in [0.25, 0.3) is 0 Å². The molecule has 0 saturated carbocycles. The standard InChI is InChI=1S/C18H16OS/c19-20(16-10-4-1-5-11-16,17-12-6-2-7-13-17)18-14-8-3-9-15-18/h1-15,19H. The number of benzene rings is 3. The van der Waals surface area contributed by atoms with Crippen molar-refractivity contribution < 1.29 is 4.55 Å². The van der Waals surface area contributed by atoms with Crippen LogP contribution in [0, 0.1) is 0 Å². The molecule has 0 aliphatic heterocycles. The summed E-state index contributed by atoms with van der Waals surface area (Å²) in [5.74, 6) is 0. The van der Waals surface area contributed by atoms with Crippen molar-refractivity contribution >= 4 is 10.3 Å². The normalized spacial score (nSPS) is 12.1. The maximum atomic E-state index is 11.5. The Morgan fingerprint density at radius 2 is 0.700 bits per heavy atom. The van der Waals surface area contributed by atoms with Gasteiger partial charge in [-0.05, 0) is 36.4 Å². The Morgan fingerprint density at radius 1 is 0.450 bits per heavy atom. The third-order valence-corrected chi connectivity index (χ3v) is 6.12. The second-order valence-corrected chi connectivity index (χ2v) is 7.09. The lowest BCUT2D eigenvalue weighted by Crippen LogP contribution is -2.01. The van der Waals surface area contributed by atoms with Crippen LogP contribution in [0.3, 0.4) is 0 Å². The monoisotopic (exact) mass is 280 g/mol. The van der Waals surface area contributed by atoms with Crippen LogP contribution in [0.15, 0.2) is 106 Å². The van der Waals surface area contributed by atoms with Crippen LogP contribution in [-0.2, 0) is 0 Å². The van der Waals surface area contributed by atoms with Gasteiger partial charge < -0.3 is 4.55 Å². The van der Waals surface area contributed by atoms with Gasteiger partial charge >= 0.3 is 0 Å². The van der Waals surface area contributed by atoms with Crippen molar-refractivity contribution in [1.29, 1.82) is 0 Å². The fraction of sp³-hybridized carbons (Fsp3) is 0.